The number of carbonyl (C=O) groups excluding carboxylic acids is 1. The third-order valence-corrected chi connectivity index (χ3v) is 7.88. The number of nitrogens with two attached hydrogens (primary N) is 1. The van der Waals surface area contributed by atoms with Crippen LogP contribution in [0.5, 0.6) is 0 Å². The number of amides is 1. The Hall–Kier alpha value is -4.40. The SMILES string of the molecule is Cc1ccc(-c2cc(-c3ccccc3)nc3sc(C(=O)Nc4nc(-c5cccnc5)cs4)c(N)c23)cc1. The number of carbonyl (C=O) groups is 1. The third-order valence-electron chi connectivity index (χ3n) is 6.02. The van der Waals surface area contributed by atoms with Crippen molar-refractivity contribution in [2.45, 2.75) is 6.92 Å². The van der Waals surface area contributed by atoms with E-state index in [1.54, 1.807) is 12.4 Å². The number of hydrogen-bond acceptors (Lipinski definition) is 7. The van der Waals surface area contributed by atoms with Crippen LogP contribution < -0.4 is 11.1 Å². The number of anilines is 2. The Balaban J connectivity index is 1.42. The molecule has 0 unspecified atom stereocenters. The summed E-state index contributed by atoms with van der Waals surface area (Å²) in [5.41, 5.74) is 13.7. The maximum absolute atomic E-state index is 13.3. The molecule has 6 nitrogen and oxygen atoms in total. The van der Waals surface area contributed by atoms with Gasteiger partial charge in [0.25, 0.3) is 5.91 Å². The first kappa shape index (κ1) is 23.0. The summed E-state index contributed by atoms with van der Waals surface area (Å²) in [6.07, 6.45) is 3.46. The monoisotopic (exact) mass is 519 g/mol. The Labute approximate surface area is 221 Å². The Kier molecular flexibility index (Phi) is 5.96. The second-order valence-corrected chi connectivity index (χ2v) is 10.4. The van der Waals surface area contributed by atoms with Gasteiger partial charge < -0.3 is 5.73 Å². The van der Waals surface area contributed by atoms with E-state index in [9.17, 15) is 4.79 Å². The number of nitrogen functional groups attached to an aromatic ring is 1. The molecule has 4 aromatic heterocycles. The molecule has 0 aliphatic heterocycles. The lowest BCUT2D eigenvalue weighted by Gasteiger charge is -2.09. The van der Waals surface area contributed by atoms with Gasteiger partial charge in [-0.25, -0.2) is 9.97 Å². The molecular formula is C29H21N5OS2. The topological polar surface area (TPSA) is 93.8 Å². The zero-order valence-corrected chi connectivity index (χ0v) is 21.4. The number of rotatable bonds is 5. The highest BCUT2D eigenvalue weighted by molar-refractivity contribution is 7.21. The fourth-order valence-electron chi connectivity index (χ4n) is 4.14. The summed E-state index contributed by atoms with van der Waals surface area (Å²) in [7, 11) is 0. The predicted molar refractivity (Wildman–Crippen MR) is 153 cm³/mol. The summed E-state index contributed by atoms with van der Waals surface area (Å²) in [4.78, 5) is 28.1. The maximum Gasteiger partial charge on any atom is 0.269 e. The molecule has 0 radical (unpaired) electrons. The molecule has 0 aliphatic rings. The number of nitrogens with zero attached hydrogens (tertiary/aromatic N) is 3. The molecule has 0 saturated heterocycles. The first-order valence-electron chi connectivity index (χ1n) is 11.6. The summed E-state index contributed by atoms with van der Waals surface area (Å²) >= 11 is 2.65. The molecule has 0 spiro atoms. The molecule has 6 rings (SSSR count). The van der Waals surface area contributed by atoms with Crippen molar-refractivity contribution >= 4 is 49.6 Å². The van der Waals surface area contributed by atoms with Gasteiger partial charge in [0.15, 0.2) is 5.13 Å². The van der Waals surface area contributed by atoms with Crippen LogP contribution >= 0.6 is 22.7 Å². The fraction of sp³-hybridized carbons (Fsp3) is 0.0345. The summed E-state index contributed by atoms with van der Waals surface area (Å²) in [6.45, 7) is 2.06. The highest BCUT2D eigenvalue weighted by Gasteiger charge is 2.22. The van der Waals surface area contributed by atoms with Gasteiger partial charge in [0.05, 0.1) is 17.1 Å². The highest BCUT2D eigenvalue weighted by atomic mass is 32.1. The molecule has 0 fully saturated rings. The van der Waals surface area contributed by atoms with E-state index in [1.807, 2.05) is 53.9 Å². The first-order valence-corrected chi connectivity index (χ1v) is 13.3. The van der Waals surface area contributed by atoms with Crippen molar-refractivity contribution in [1.82, 2.24) is 15.0 Å². The normalized spacial score (nSPS) is 11.1. The van der Waals surface area contributed by atoms with Crippen LogP contribution in [0, 0.1) is 6.92 Å². The molecular weight excluding hydrogens is 498 g/mol. The van der Waals surface area contributed by atoms with Crippen molar-refractivity contribution in [1.29, 1.82) is 0 Å². The highest BCUT2D eigenvalue weighted by Crippen LogP contribution is 2.41. The van der Waals surface area contributed by atoms with Crippen molar-refractivity contribution in [2.24, 2.45) is 0 Å². The van der Waals surface area contributed by atoms with Gasteiger partial charge in [-0.05, 0) is 36.2 Å². The third kappa shape index (κ3) is 4.48. The Morgan fingerprint density at radius 1 is 0.892 bits per heavy atom. The van der Waals surface area contributed by atoms with E-state index in [4.69, 9.17) is 10.7 Å². The largest absolute Gasteiger partial charge is 0.397 e. The number of aromatic nitrogens is 3. The Bertz CT molecular complexity index is 1730. The maximum atomic E-state index is 13.3. The molecule has 0 atom stereocenters. The number of hydrogen-bond donors (Lipinski definition) is 2. The Morgan fingerprint density at radius 2 is 1.68 bits per heavy atom. The average molecular weight is 520 g/mol. The van der Waals surface area contributed by atoms with Gasteiger partial charge in [-0.2, -0.15) is 0 Å². The van der Waals surface area contributed by atoms with E-state index in [-0.39, 0.29) is 5.91 Å². The van der Waals surface area contributed by atoms with Crippen molar-refractivity contribution in [3.05, 3.63) is 101 Å². The molecule has 8 heteroatoms. The Morgan fingerprint density at radius 3 is 2.43 bits per heavy atom. The molecule has 180 valence electrons. The lowest BCUT2D eigenvalue weighted by Crippen LogP contribution is -2.11. The van der Waals surface area contributed by atoms with Gasteiger partial charge in [-0.3, -0.25) is 15.1 Å². The van der Waals surface area contributed by atoms with Gasteiger partial charge in [-0.1, -0.05) is 60.2 Å². The predicted octanol–water partition coefficient (Wildman–Crippen LogP) is 7.29. The van der Waals surface area contributed by atoms with Gasteiger partial charge >= 0.3 is 0 Å². The number of fused-ring (bicyclic) bond motifs is 1. The first-order chi connectivity index (χ1) is 18.1. The van der Waals surface area contributed by atoms with Crippen LogP contribution in [0.2, 0.25) is 0 Å². The number of nitrogens with one attached hydrogen (secondary N) is 1. The standard InChI is InChI=1S/C29H21N5OS2/c1-17-9-11-18(12-10-17)21-14-22(19-6-3-2-4-7-19)32-28-24(21)25(30)26(37-28)27(35)34-29-33-23(16-36-29)20-8-5-13-31-15-20/h2-16H,30H2,1H3,(H,33,34,35). The summed E-state index contributed by atoms with van der Waals surface area (Å²) in [5.74, 6) is -0.302. The molecule has 0 saturated carbocycles. The van der Waals surface area contributed by atoms with Crippen molar-refractivity contribution in [2.75, 3.05) is 11.1 Å². The fourth-order valence-corrected chi connectivity index (χ4v) is 5.87. The zero-order chi connectivity index (χ0) is 25.4. The molecule has 6 aromatic rings. The van der Waals surface area contributed by atoms with E-state index in [0.29, 0.717) is 15.7 Å². The molecule has 0 aliphatic carbocycles. The van der Waals surface area contributed by atoms with Gasteiger partial charge in [-0.15, -0.1) is 22.7 Å². The summed E-state index contributed by atoms with van der Waals surface area (Å²) in [5, 5.41) is 6.09. The summed E-state index contributed by atoms with van der Waals surface area (Å²) < 4.78 is 0. The molecule has 4 heterocycles. The zero-order valence-electron chi connectivity index (χ0n) is 19.8. The number of thiazole rings is 1. The van der Waals surface area contributed by atoms with E-state index in [0.717, 1.165) is 43.9 Å². The number of benzene rings is 2. The second kappa shape index (κ2) is 9.57. The molecule has 37 heavy (non-hydrogen) atoms. The minimum absolute atomic E-state index is 0.302. The smallest absolute Gasteiger partial charge is 0.269 e. The van der Waals surface area contributed by atoms with Crippen LogP contribution in [-0.2, 0) is 0 Å². The molecule has 1 amide bonds. The van der Waals surface area contributed by atoms with Crippen LogP contribution in [-0.4, -0.2) is 20.9 Å². The van der Waals surface area contributed by atoms with Crippen LogP contribution in [0.15, 0.2) is 90.6 Å². The van der Waals surface area contributed by atoms with E-state index in [1.165, 1.54) is 28.2 Å². The van der Waals surface area contributed by atoms with Crippen LogP contribution in [0.4, 0.5) is 10.8 Å². The van der Waals surface area contributed by atoms with Crippen LogP contribution in [0.1, 0.15) is 15.2 Å². The van der Waals surface area contributed by atoms with Crippen LogP contribution in [0.25, 0.3) is 43.9 Å². The van der Waals surface area contributed by atoms with Gasteiger partial charge in [0.1, 0.15) is 9.71 Å². The number of thiophene rings is 1. The number of pyridine rings is 2. The van der Waals surface area contributed by atoms with E-state index in [2.05, 4.69) is 46.5 Å². The van der Waals surface area contributed by atoms with Crippen LogP contribution in [0.3, 0.4) is 0 Å². The summed E-state index contributed by atoms with van der Waals surface area (Å²) in [6, 6.07) is 24.1. The van der Waals surface area contributed by atoms with E-state index < -0.39 is 0 Å². The minimum atomic E-state index is -0.302. The lowest BCUT2D eigenvalue weighted by molar-refractivity contribution is 0.103. The van der Waals surface area contributed by atoms with Crippen molar-refractivity contribution in [3.63, 3.8) is 0 Å². The van der Waals surface area contributed by atoms with Crippen molar-refractivity contribution < 1.29 is 4.79 Å². The quantitative estimate of drug-likeness (QED) is 0.249. The number of aryl methyl sites for hydroxylation is 1. The molecule has 0 bridgehead atoms. The molecule has 3 N–H and O–H groups in total. The molecule has 2 aromatic carbocycles. The lowest BCUT2D eigenvalue weighted by atomic mass is 9.99. The average Bonchev–Trinajstić information content (AvgIpc) is 3.54. The van der Waals surface area contributed by atoms with Gasteiger partial charge in [0, 0.05) is 34.3 Å². The van der Waals surface area contributed by atoms with Gasteiger partial charge in [0.2, 0.25) is 0 Å². The minimum Gasteiger partial charge on any atom is -0.397 e. The van der Waals surface area contributed by atoms with Crippen molar-refractivity contribution in [3.8, 4) is 33.6 Å². The van der Waals surface area contributed by atoms with E-state index >= 15 is 0 Å². The second-order valence-electron chi connectivity index (χ2n) is 8.55.